The molecule has 1 amide bonds. The van der Waals surface area contributed by atoms with Gasteiger partial charge < -0.3 is 14.5 Å². The van der Waals surface area contributed by atoms with Gasteiger partial charge in [0.25, 0.3) is 0 Å². The number of alkyl halides is 1. The number of anilines is 1. The van der Waals surface area contributed by atoms with E-state index in [1.165, 1.54) is 6.07 Å². The normalized spacial score (nSPS) is 11.8. The lowest BCUT2D eigenvalue weighted by molar-refractivity contribution is -0.116. The van der Waals surface area contributed by atoms with E-state index in [0.717, 1.165) is 11.3 Å². The van der Waals surface area contributed by atoms with Crippen LogP contribution in [0.5, 0.6) is 5.75 Å². The molecule has 0 bridgehead atoms. The molecule has 1 heterocycles. The number of hydrogen-bond donors (Lipinski definition) is 1. The van der Waals surface area contributed by atoms with Crippen LogP contribution in [0.15, 0.2) is 88.1 Å². The minimum absolute atomic E-state index is 0.205. The maximum atomic E-state index is 12.7. The van der Waals surface area contributed by atoms with Crippen molar-refractivity contribution < 1.29 is 13.9 Å². The number of ether oxygens (including phenoxy) is 1. The lowest BCUT2D eigenvalue weighted by Gasteiger charge is -2.11. The molecule has 0 spiro atoms. The number of carbonyl (C=O) groups is 1. The fourth-order valence-electron chi connectivity index (χ4n) is 3.11. The van der Waals surface area contributed by atoms with Crippen LogP contribution < -0.4 is 15.5 Å². The van der Waals surface area contributed by atoms with Crippen molar-refractivity contribution in [3.63, 3.8) is 0 Å². The molecule has 3 aromatic carbocycles. The molecule has 150 valence electrons. The maximum Gasteiger partial charge on any atom is 0.246 e. The van der Waals surface area contributed by atoms with Gasteiger partial charge in [-0.1, -0.05) is 30.3 Å². The minimum atomic E-state index is -0.837. The molecule has 6 heteroatoms. The third-order valence-corrected chi connectivity index (χ3v) is 5.14. The smallest absolute Gasteiger partial charge is 0.246 e. The number of hydrogen-bond acceptors (Lipinski definition) is 4. The Kier molecular flexibility index (Phi) is 5.55. The second-order valence-corrected chi connectivity index (χ2v) is 7.11. The van der Waals surface area contributed by atoms with E-state index in [1.807, 2.05) is 30.3 Å². The first-order valence-electron chi connectivity index (χ1n) is 9.27. The molecule has 5 nitrogen and oxygen atoms in total. The molecule has 0 saturated heterocycles. The van der Waals surface area contributed by atoms with Gasteiger partial charge in [0.1, 0.15) is 22.5 Å². The Morgan fingerprint density at radius 1 is 1.00 bits per heavy atom. The van der Waals surface area contributed by atoms with E-state index in [9.17, 15) is 9.59 Å². The lowest BCUT2D eigenvalue weighted by Crippen LogP contribution is -2.17. The Bertz CT molecular complexity index is 1250. The molecule has 0 aliphatic rings. The molecule has 4 rings (SSSR count). The Labute approximate surface area is 177 Å². The monoisotopic (exact) mass is 419 g/mol. The number of rotatable bonds is 5. The number of methoxy groups -OCH3 is 1. The summed E-state index contributed by atoms with van der Waals surface area (Å²) in [5, 5.41) is 2.29. The largest absolute Gasteiger partial charge is 0.497 e. The van der Waals surface area contributed by atoms with E-state index >= 15 is 0 Å². The van der Waals surface area contributed by atoms with Crippen molar-refractivity contribution in [2.45, 2.75) is 5.38 Å². The SMILES string of the molecule is COc1ccc(-c2cc(=O)c3cc(NC(=O)C(Cl)c4ccccc4)ccc3o2)cc1. The highest BCUT2D eigenvalue weighted by Gasteiger charge is 2.18. The van der Waals surface area contributed by atoms with Crippen LogP contribution in [0.1, 0.15) is 10.9 Å². The third-order valence-electron chi connectivity index (χ3n) is 4.69. The van der Waals surface area contributed by atoms with Gasteiger partial charge in [-0.3, -0.25) is 9.59 Å². The second-order valence-electron chi connectivity index (χ2n) is 6.68. The van der Waals surface area contributed by atoms with E-state index in [0.29, 0.717) is 28.0 Å². The highest BCUT2D eigenvalue weighted by atomic mass is 35.5. The zero-order valence-corrected chi connectivity index (χ0v) is 16.8. The maximum absolute atomic E-state index is 12.7. The molecule has 0 fully saturated rings. The molecular weight excluding hydrogens is 402 g/mol. The first kappa shape index (κ1) is 19.7. The van der Waals surface area contributed by atoms with Gasteiger partial charge in [0.2, 0.25) is 5.91 Å². The van der Waals surface area contributed by atoms with Gasteiger partial charge in [-0.2, -0.15) is 0 Å². The first-order valence-corrected chi connectivity index (χ1v) is 9.71. The van der Waals surface area contributed by atoms with Gasteiger partial charge >= 0.3 is 0 Å². The topological polar surface area (TPSA) is 68.5 Å². The second kappa shape index (κ2) is 8.43. The van der Waals surface area contributed by atoms with Crippen LogP contribution >= 0.6 is 11.6 Å². The Hall–Kier alpha value is -3.57. The molecule has 0 radical (unpaired) electrons. The summed E-state index contributed by atoms with van der Waals surface area (Å²) in [4.78, 5) is 25.1. The first-order chi connectivity index (χ1) is 14.5. The molecule has 1 unspecified atom stereocenters. The van der Waals surface area contributed by atoms with Crippen LogP contribution in [0.2, 0.25) is 0 Å². The quantitative estimate of drug-likeness (QED) is 0.440. The van der Waals surface area contributed by atoms with Crippen LogP contribution in [-0.2, 0) is 4.79 Å². The number of nitrogens with one attached hydrogen (secondary N) is 1. The van der Waals surface area contributed by atoms with Crippen LogP contribution in [0, 0.1) is 0 Å². The summed E-state index contributed by atoms with van der Waals surface area (Å²) in [6.45, 7) is 0. The Morgan fingerprint density at radius 3 is 2.43 bits per heavy atom. The van der Waals surface area contributed by atoms with Gasteiger partial charge in [0, 0.05) is 17.3 Å². The summed E-state index contributed by atoms with van der Waals surface area (Å²) in [6, 6.07) is 22.7. The predicted molar refractivity (Wildman–Crippen MR) is 118 cm³/mol. The third kappa shape index (κ3) is 4.07. The molecule has 4 aromatic rings. The molecule has 0 aliphatic carbocycles. The van der Waals surface area contributed by atoms with Crippen molar-refractivity contribution in [2.75, 3.05) is 12.4 Å². The van der Waals surface area contributed by atoms with Crippen LogP contribution in [0.4, 0.5) is 5.69 Å². The summed E-state index contributed by atoms with van der Waals surface area (Å²) in [7, 11) is 1.59. The van der Waals surface area contributed by atoms with Gasteiger partial charge in [-0.15, -0.1) is 11.6 Å². The highest BCUT2D eigenvalue weighted by Crippen LogP contribution is 2.27. The molecule has 0 aliphatic heterocycles. The standard InChI is InChI=1S/C24H18ClNO4/c1-29-18-10-7-15(8-11-18)22-14-20(27)19-13-17(9-12-21(19)30-22)26-24(28)23(25)16-5-3-2-4-6-16/h2-14,23H,1H3,(H,26,28). The fraction of sp³-hybridized carbons (Fsp3) is 0.0833. The molecule has 1 N–H and O–H groups in total. The van der Waals surface area contributed by atoms with Crippen molar-refractivity contribution in [2.24, 2.45) is 0 Å². The van der Waals surface area contributed by atoms with E-state index in [4.69, 9.17) is 20.8 Å². The van der Waals surface area contributed by atoms with E-state index in [-0.39, 0.29) is 11.3 Å². The zero-order chi connectivity index (χ0) is 21.1. The molecule has 1 atom stereocenters. The number of amides is 1. The van der Waals surface area contributed by atoms with E-state index in [2.05, 4.69) is 5.32 Å². The highest BCUT2D eigenvalue weighted by molar-refractivity contribution is 6.32. The van der Waals surface area contributed by atoms with Gasteiger partial charge in [-0.25, -0.2) is 0 Å². The van der Waals surface area contributed by atoms with Crippen molar-refractivity contribution >= 4 is 34.2 Å². The van der Waals surface area contributed by atoms with E-state index < -0.39 is 5.38 Å². The zero-order valence-electron chi connectivity index (χ0n) is 16.1. The van der Waals surface area contributed by atoms with Crippen LogP contribution in [0.25, 0.3) is 22.3 Å². The number of halogens is 1. The summed E-state index contributed by atoms with van der Waals surface area (Å²) < 4.78 is 11.1. The van der Waals surface area contributed by atoms with Crippen molar-refractivity contribution in [1.29, 1.82) is 0 Å². The molecular formula is C24H18ClNO4. The fourth-order valence-corrected chi connectivity index (χ4v) is 3.31. The molecule has 30 heavy (non-hydrogen) atoms. The Morgan fingerprint density at radius 2 is 1.73 bits per heavy atom. The van der Waals surface area contributed by atoms with Crippen LogP contribution in [-0.4, -0.2) is 13.0 Å². The van der Waals surface area contributed by atoms with Crippen molar-refractivity contribution in [3.05, 3.63) is 94.6 Å². The minimum Gasteiger partial charge on any atom is -0.497 e. The van der Waals surface area contributed by atoms with Gasteiger partial charge in [-0.05, 0) is 48.0 Å². The van der Waals surface area contributed by atoms with E-state index in [1.54, 1.807) is 49.6 Å². The van der Waals surface area contributed by atoms with Crippen molar-refractivity contribution in [3.8, 4) is 17.1 Å². The lowest BCUT2D eigenvalue weighted by atomic mass is 10.1. The van der Waals surface area contributed by atoms with Gasteiger partial charge in [0.05, 0.1) is 12.5 Å². The van der Waals surface area contributed by atoms with Crippen LogP contribution in [0.3, 0.4) is 0 Å². The number of benzene rings is 3. The summed E-state index contributed by atoms with van der Waals surface area (Å²) in [6.07, 6.45) is 0. The summed E-state index contributed by atoms with van der Waals surface area (Å²) in [5.74, 6) is 0.800. The molecule has 0 saturated carbocycles. The average Bonchev–Trinajstić information content (AvgIpc) is 2.79. The predicted octanol–water partition coefficient (Wildman–Crippen LogP) is 5.39. The number of fused-ring (bicyclic) bond motifs is 1. The molecule has 1 aromatic heterocycles. The number of carbonyl (C=O) groups excluding carboxylic acids is 1. The summed E-state index contributed by atoms with van der Waals surface area (Å²) in [5.41, 5.74) is 2.15. The van der Waals surface area contributed by atoms with Crippen molar-refractivity contribution in [1.82, 2.24) is 0 Å². The van der Waals surface area contributed by atoms with Gasteiger partial charge in [0.15, 0.2) is 5.43 Å². The average molecular weight is 420 g/mol. The Balaban J connectivity index is 1.60. The summed E-state index contributed by atoms with van der Waals surface area (Å²) >= 11 is 6.27.